The number of pyridine rings is 1. The number of anilines is 1. The highest BCUT2D eigenvalue weighted by molar-refractivity contribution is 5.96. The Bertz CT molecular complexity index is 871. The van der Waals surface area contributed by atoms with Crippen LogP contribution >= 0.6 is 0 Å². The van der Waals surface area contributed by atoms with Crippen molar-refractivity contribution in [3.05, 3.63) is 30.0 Å². The van der Waals surface area contributed by atoms with Crippen molar-refractivity contribution in [1.82, 2.24) is 15.2 Å². The maximum atomic E-state index is 12.7. The van der Waals surface area contributed by atoms with Gasteiger partial charge < -0.3 is 15.0 Å². The maximum absolute atomic E-state index is 12.7. The number of ether oxygens (including phenoxy) is 1. The van der Waals surface area contributed by atoms with E-state index in [9.17, 15) is 4.79 Å². The molecule has 1 aliphatic heterocycles. The lowest BCUT2D eigenvalue weighted by atomic mass is 10.1. The van der Waals surface area contributed by atoms with Crippen molar-refractivity contribution >= 4 is 22.5 Å². The molecule has 0 spiro atoms. The third-order valence-electron chi connectivity index (χ3n) is 6.49. The van der Waals surface area contributed by atoms with Gasteiger partial charge in [-0.25, -0.2) is 0 Å². The second kappa shape index (κ2) is 8.57. The first-order valence-electron chi connectivity index (χ1n) is 10.8. The van der Waals surface area contributed by atoms with Gasteiger partial charge in [0.1, 0.15) is 11.3 Å². The largest absolute Gasteiger partial charge is 0.494 e. The van der Waals surface area contributed by atoms with E-state index in [1.165, 1.54) is 24.1 Å². The summed E-state index contributed by atoms with van der Waals surface area (Å²) in [4.78, 5) is 22.0. The van der Waals surface area contributed by atoms with Gasteiger partial charge in [0.15, 0.2) is 0 Å². The molecule has 2 fully saturated rings. The number of piperazine rings is 1. The molecule has 2 heterocycles. The summed E-state index contributed by atoms with van der Waals surface area (Å²) in [5, 5.41) is 4.38. The Morgan fingerprint density at radius 1 is 1.21 bits per heavy atom. The zero-order chi connectivity index (χ0) is 20.4. The number of aromatic nitrogens is 1. The molecule has 1 unspecified atom stereocenters. The number of carbonyl (C=O) groups excluding carboxylic acids is 1. The predicted molar refractivity (Wildman–Crippen MR) is 117 cm³/mol. The number of hydrogen-bond donors (Lipinski definition) is 1. The summed E-state index contributed by atoms with van der Waals surface area (Å²) in [6.07, 6.45) is 6.67. The molecule has 2 aliphatic rings. The van der Waals surface area contributed by atoms with Crippen molar-refractivity contribution in [2.24, 2.45) is 0 Å². The minimum atomic E-state index is -0.0758. The highest BCUT2D eigenvalue weighted by Gasteiger charge is 2.28. The van der Waals surface area contributed by atoms with Crippen LogP contribution in [0.5, 0.6) is 5.75 Å². The number of carbonyl (C=O) groups is 1. The Kier molecular flexibility index (Phi) is 5.90. The van der Waals surface area contributed by atoms with Crippen LogP contribution in [0.3, 0.4) is 0 Å². The molecule has 0 bridgehead atoms. The number of nitrogens with zero attached hydrogens (tertiary/aromatic N) is 3. The molecule has 0 radical (unpaired) electrons. The molecule has 1 amide bonds. The lowest BCUT2D eigenvalue weighted by molar-refractivity contribution is -0.126. The summed E-state index contributed by atoms with van der Waals surface area (Å²) in [5.74, 6) is 0.986. The molecule has 6 nitrogen and oxygen atoms in total. The zero-order valence-electron chi connectivity index (χ0n) is 17.8. The maximum Gasteiger partial charge on any atom is 0.237 e. The first kappa shape index (κ1) is 20.0. The fourth-order valence-corrected chi connectivity index (χ4v) is 4.76. The number of amides is 1. The van der Waals surface area contributed by atoms with Crippen LogP contribution in [0.2, 0.25) is 0 Å². The number of hydrogen-bond acceptors (Lipinski definition) is 5. The number of nitrogens with one attached hydrogen (secondary N) is 1. The van der Waals surface area contributed by atoms with Crippen LogP contribution < -0.4 is 15.0 Å². The lowest BCUT2D eigenvalue weighted by Gasteiger charge is -2.39. The van der Waals surface area contributed by atoms with Gasteiger partial charge in [-0.05, 0) is 38.3 Å². The van der Waals surface area contributed by atoms with Crippen molar-refractivity contribution in [1.29, 1.82) is 0 Å². The third kappa shape index (κ3) is 4.04. The first-order valence-corrected chi connectivity index (χ1v) is 10.8. The lowest BCUT2D eigenvalue weighted by Crippen LogP contribution is -2.55. The van der Waals surface area contributed by atoms with E-state index in [0.717, 1.165) is 55.7 Å². The van der Waals surface area contributed by atoms with Crippen LogP contribution in [0.1, 0.15) is 38.2 Å². The molecule has 1 aromatic heterocycles. The molecule has 29 heavy (non-hydrogen) atoms. The van der Waals surface area contributed by atoms with Crippen molar-refractivity contribution in [2.45, 2.75) is 51.6 Å². The van der Waals surface area contributed by atoms with E-state index in [-0.39, 0.29) is 11.9 Å². The fraction of sp³-hybridized carbons (Fsp3) is 0.565. The SMILES string of the molecule is COc1cccc2c(N3CCN(C(C)C(=O)NC4CCCC4)CC3)c(C)cnc12. The van der Waals surface area contributed by atoms with Crippen molar-refractivity contribution in [3.8, 4) is 5.75 Å². The Hall–Kier alpha value is -2.34. The highest BCUT2D eigenvalue weighted by atomic mass is 16.5. The Balaban J connectivity index is 1.46. The van der Waals surface area contributed by atoms with Crippen molar-refractivity contribution in [3.63, 3.8) is 0 Å². The molecular weight excluding hydrogens is 364 g/mol. The smallest absolute Gasteiger partial charge is 0.237 e. The molecule has 6 heteroatoms. The van der Waals surface area contributed by atoms with Gasteiger partial charge in [-0.2, -0.15) is 0 Å². The molecule has 4 rings (SSSR count). The Morgan fingerprint density at radius 2 is 1.93 bits per heavy atom. The standard InChI is InChI=1S/C23H32N4O2/c1-16-15-24-21-19(9-6-10-20(21)29-3)22(16)27-13-11-26(12-14-27)17(2)23(28)25-18-7-4-5-8-18/h6,9-10,15,17-18H,4-5,7-8,11-14H2,1-3H3,(H,25,28). The zero-order valence-corrected chi connectivity index (χ0v) is 17.8. The first-order chi connectivity index (χ1) is 14.1. The minimum Gasteiger partial charge on any atom is -0.494 e. The molecule has 156 valence electrons. The van der Waals surface area contributed by atoms with Crippen LogP contribution in [-0.2, 0) is 4.79 Å². The summed E-state index contributed by atoms with van der Waals surface area (Å²) >= 11 is 0. The van der Waals surface area contributed by atoms with Gasteiger partial charge >= 0.3 is 0 Å². The molecule has 2 aromatic rings. The number of rotatable bonds is 5. The van der Waals surface area contributed by atoms with E-state index in [1.54, 1.807) is 7.11 Å². The van der Waals surface area contributed by atoms with Gasteiger partial charge in [-0.3, -0.25) is 14.7 Å². The summed E-state index contributed by atoms with van der Waals surface area (Å²) in [6, 6.07) is 6.41. The predicted octanol–water partition coefficient (Wildman–Crippen LogP) is 3.12. The number of aryl methyl sites for hydroxylation is 1. The second-order valence-electron chi connectivity index (χ2n) is 8.34. The quantitative estimate of drug-likeness (QED) is 0.842. The van der Waals surface area contributed by atoms with Crippen molar-refractivity contribution in [2.75, 3.05) is 38.2 Å². The van der Waals surface area contributed by atoms with Gasteiger partial charge in [0.05, 0.1) is 18.8 Å². The Labute approximate surface area is 173 Å². The monoisotopic (exact) mass is 396 g/mol. The molecule has 1 aliphatic carbocycles. The number of para-hydroxylation sites is 1. The van der Waals surface area contributed by atoms with E-state index in [0.29, 0.717) is 6.04 Å². The Morgan fingerprint density at radius 3 is 2.62 bits per heavy atom. The summed E-state index contributed by atoms with van der Waals surface area (Å²) in [7, 11) is 1.69. The van der Waals surface area contributed by atoms with Gasteiger partial charge in [0.2, 0.25) is 5.91 Å². The van der Waals surface area contributed by atoms with Crippen molar-refractivity contribution < 1.29 is 9.53 Å². The molecule has 1 aromatic carbocycles. The average Bonchev–Trinajstić information content (AvgIpc) is 3.25. The van der Waals surface area contributed by atoms with Gasteiger partial charge in [0, 0.05) is 43.8 Å². The highest BCUT2D eigenvalue weighted by Crippen LogP contribution is 2.34. The van der Waals surface area contributed by atoms with Gasteiger partial charge in [0.25, 0.3) is 0 Å². The summed E-state index contributed by atoms with van der Waals surface area (Å²) < 4.78 is 5.51. The van der Waals surface area contributed by atoms with E-state index < -0.39 is 0 Å². The van der Waals surface area contributed by atoms with Crippen LogP contribution in [0.15, 0.2) is 24.4 Å². The molecule has 1 N–H and O–H groups in total. The van der Waals surface area contributed by atoms with E-state index in [4.69, 9.17) is 4.74 Å². The van der Waals surface area contributed by atoms with Gasteiger partial charge in [-0.15, -0.1) is 0 Å². The van der Waals surface area contributed by atoms with E-state index in [2.05, 4.69) is 33.1 Å². The van der Waals surface area contributed by atoms with Crippen LogP contribution in [-0.4, -0.2) is 61.2 Å². The van der Waals surface area contributed by atoms with Gasteiger partial charge in [-0.1, -0.05) is 25.0 Å². The number of fused-ring (bicyclic) bond motifs is 1. The molecular formula is C23H32N4O2. The van der Waals surface area contributed by atoms with Crippen LogP contribution in [0.4, 0.5) is 5.69 Å². The topological polar surface area (TPSA) is 57.7 Å². The fourth-order valence-electron chi connectivity index (χ4n) is 4.76. The summed E-state index contributed by atoms with van der Waals surface area (Å²) in [6.45, 7) is 7.72. The molecule has 1 atom stereocenters. The average molecular weight is 397 g/mol. The van der Waals surface area contributed by atoms with E-state index in [1.807, 2.05) is 25.3 Å². The van der Waals surface area contributed by atoms with Crippen LogP contribution in [0, 0.1) is 6.92 Å². The molecule has 1 saturated heterocycles. The van der Waals surface area contributed by atoms with E-state index >= 15 is 0 Å². The van der Waals surface area contributed by atoms with Crippen LogP contribution in [0.25, 0.3) is 10.9 Å². The minimum absolute atomic E-state index is 0.0758. The third-order valence-corrected chi connectivity index (χ3v) is 6.49. The number of methoxy groups -OCH3 is 1. The normalized spacial score (nSPS) is 19.5. The summed E-state index contributed by atoms with van der Waals surface area (Å²) in [5.41, 5.74) is 3.31. The number of benzene rings is 1. The second-order valence-corrected chi connectivity index (χ2v) is 8.34. The molecule has 1 saturated carbocycles.